The van der Waals surface area contributed by atoms with Crippen LogP contribution in [0.1, 0.15) is 12.5 Å². The molecule has 0 saturated carbocycles. The maximum absolute atomic E-state index is 5.72. The van der Waals surface area contributed by atoms with E-state index in [1.54, 1.807) is 6.07 Å². The molecule has 0 aliphatic carbocycles. The highest BCUT2D eigenvalue weighted by molar-refractivity contribution is 6.31. The van der Waals surface area contributed by atoms with Crippen molar-refractivity contribution in [3.8, 4) is 0 Å². The first-order chi connectivity index (χ1) is 5.24. The van der Waals surface area contributed by atoms with Crippen molar-refractivity contribution in [2.75, 3.05) is 0 Å². The lowest BCUT2D eigenvalue weighted by atomic mass is 10.2. The summed E-state index contributed by atoms with van der Waals surface area (Å²) in [5, 5.41) is 8.06. The van der Waals surface area contributed by atoms with E-state index in [4.69, 9.17) is 23.2 Å². The largest absolute Gasteiger partial charge is 0.155 e. The lowest BCUT2D eigenvalue weighted by molar-refractivity contribution is 0.988. The lowest BCUT2D eigenvalue weighted by Gasteiger charge is -1.98. The third kappa shape index (κ3) is 2.31. The predicted octanol–water partition coefficient (Wildman–Crippen LogP) is 2.55. The van der Waals surface area contributed by atoms with Gasteiger partial charge in [0.05, 0.1) is 0 Å². The Kier molecular flexibility index (Phi) is 3.09. The van der Waals surface area contributed by atoms with Crippen LogP contribution in [0.2, 0.25) is 10.3 Å². The van der Waals surface area contributed by atoms with E-state index in [2.05, 4.69) is 10.2 Å². The van der Waals surface area contributed by atoms with Crippen LogP contribution in [0.5, 0.6) is 0 Å². The van der Waals surface area contributed by atoms with Crippen LogP contribution >= 0.6 is 23.2 Å². The molecule has 1 rings (SSSR count). The summed E-state index contributed by atoms with van der Waals surface area (Å²) in [4.78, 5) is 0. The van der Waals surface area contributed by atoms with E-state index < -0.39 is 0 Å². The molecule has 0 saturated heterocycles. The van der Waals surface area contributed by atoms with Crippen molar-refractivity contribution in [2.45, 2.75) is 13.3 Å². The van der Waals surface area contributed by atoms with E-state index in [1.807, 2.05) is 13.3 Å². The van der Waals surface area contributed by atoms with Crippen molar-refractivity contribution in [1.29, 1.82) is 0 Å². The van der Waals surface area contributed by atoms with Gasteiger partial charge in [0, 0.05) is 0 Å². The summed E-state index contributed by atoms with van der Waals surface area (Å²) in [6, 6.07) is 1.72. The van der Waals surface area contributed by atoms with Crippen LogP contribution in [0.4, 0.5) is 0 Å². The van der Waals surface area contributed by atoms with E-state index in [1.165, 1.54) is 0 Å². The maximum Gasteiger partial charge on any atom is 0.155 e. The lowest BCUT2D eigenvalue weighted by Crippen LogP contribution is -1.91. The van der Waals surface area contributed by atoms with Gasteiger partial charge in [0.15, 0.2) is 10.3 Å². The number of halogens is 2. The van der Waals surface area contributed by atoms with Gasteiger partial charge in [-0.2, -0.15) is 0 Å². The highest BCUT2D eigenvalue weighted by Crippen LogP contribution is 2.16. The molecule has 1 radical (unpaired) electrons. The molecule has 0 aromatic carbocycles. The van der Waals surface area contributed by atoms with E-state index in [0.717, 1.165) is 12.0 Å². The minimum Gasteiger partial charge on any atom is -0.137 e. The van der Waals surface area contributed by atoms with Crippen molar-refractivity contribution in [3.63, 3.8) is 0 Å². The van der Waals surface area contributed by atoms with E-state index >= 15 is 0 Å². The number of hydrogen-bond donors (Lipinski definition) is 0. The molecule has 1 aromatic rings. The smallest absolute Gasteiger partial charge is 0.137 e. The first-order valence-electron chi connectivity index (χ1n) is 3.19. The Morgan fingerprint density at radius 2 is 2.18 bits per heavy atom. The van der Waals surface area contributed by atoms with Gasteiger partial charge in [-0.3, -0.25) is 0 Å². The predicted molar refractivity (Wildman–Crippen MR) is 45.7 cm³/mol. The Labute approximate surface area is 75.5 Å². The molecule has 11 heavy (non-hydrogen) atoms. The van der Waals surface area contributed by atoms with Crippen molar-refractivity contribution in [3.05, 3.63) is 28.4 Å². The molecule has 1 heterocycles. The molecule has 59 valence electrons. The van der Waals surface area contributed by atoms with Gasteiger partial charge < -0.3 is 0 Å². The molecule has 0 N–H and O–H groups in total. The summed E-state index contributed by atoms with van der Waals surface area (Å²) < 4.78 is 0. The van der Waals surface area contributed by atoms with Gasteiger partial charge in [-0.1, -0.05) is 30.1 Å². The molecule has 0 aliphatic heterocycles. The Morgan fingerprint density at radius 3 is 2.82 bits per heavy atom. The highest BCUT2D eigenvalue weighted by atomic mass is 35.5. The third-order valence-electron chi connectivity index (χ3n) is 1.22. The van der Waals surface area contributed by atoms with Crippen LogP contribution in [-0.4, -0.2) is 10.2 Å². The van der Waals surface area contributed by atoms with Gasteiger partial charge in [-0.25, -0.2) is 0 Å². The van der Waals surface area contributed by atoms with Crippen LogP contribution in [0.15, 0.2) is 6.07 Å². The fourth-order valence-electron chi connectivity index (χ4n) is 0.751. The van der Waals surface area contributed by atoms with Gasteiger partial charge in [0.25, 0.3) is 0 Å². The first-order valence-corrected chi connectivity index (χ1v) is 3.95. The number of rotatable bonds is 2. The summed E-state index contributed by atoms with van der Waals surface area (Å²) in [6.45, 7) is 1.95. The summed E-state index contributed by atoms with van der Waals surface area (Å²) >= 11 is 11.3. The second-order valence-corrected chi connectivity index (χ2v) is 2.84. The quantitative estimate of drug-likeness (QED) is 0.716. The van der Waals surface area contributed by atoms with Gasteiger partial charge in [0.2, 0.25) is 0 Å². The van der Waals surface area contributed by atoms with Crippen LogP contribution in [0.25, 0.3) is 0 Å². The molecule has 0 amide bonds. The second kappa shape index (κ2) is 3.88. The molecule has 0 bridgehead atoms. The fourth-order valence-corrected chi connectivity index (χ4v) is 1.09. The molecule has 0 fully saturated rings. The van der Waals surface area contributed by atoms with Gasteiger partial charge >= 0.3 is 0 Å². The molecule has 0 aliphatic rings. The monoisotopic (exact) mass is 189 g/mol. The molecule has 0 spiro atoms. The van der Waals surface area contributed by atoms with E-state index in [9.17, 15) is 0 Å². The minimum absolute atomic E-state index is 0.381. The van der Waals surface area contributed by atoms with Crippen molar-refractivity contribution >= 4 is 23.2 Å². The summed E-state index contributed by atoms with van der Waals surface area (Å²) in [6.07, 6.45) is 2.76. The van der Waals surface area contributed by atoms with Crippen LogP contribution in [-0.2, 0) is 6.42 Å². The summed E-state index contributed by atoms with van der Waals surface area (Å²) in [5.74, 6) is 0. The summed E-state index contributed by atoms with van der Waals surface area (Å²) in [7, 11) is 0. The number of nitrogens with zero attached hydrogens (tertiary/aromatic N) is 2. The van der Waals surface area contributed by atoms with Gasteiger partial charge in [-0.05, 0) is 24.5 Å². The zero-order valence-electron chi connectivity index (χ0n) is 6.01. The molecule has 0 atom stereocenters. The average Bonchev–Trinajstić information content (AvgIpc) is 1.98. The van der Waals surface area contributed by atoms with Crippen molar-refractivity contribution in [1.82, 2.24) is 10.2 Å². The van der Waals surface area contributed by atoms with Gasteiger partial charge in [0.1, 0.15) is 0 Å². The maximum atomic E-state index is 5.72. The number of hydrogen-bond acceptors (Lipinski definition) is 2. The van der Waals surface area contributed by atoms with E-state index in [-0.39, 0.29) is 0 Å². The van der Waals surface area contributed by atoms with Crippen LogP contribution in [0, 0.1) is 6.42 Å². The Balaban J connectivity index is 2.93. The fraction of sp³-hybridized carbons (Fsp3) is 0.286. The standard InChI is InChI=1S/C7H7Cl2N2/c1-2-3-5-4-6(8)10-11-7(5)9/h2,4H,3H2,1H3. The summed E-state index contributed by atoms with van der Waals surface area (Å²) in [5.41, 5.74) is 0.911. The van der Waals surface area contributed by atoms with Crippen LogP contribution in [0.3, 0.4) is 0 Å². The topological polar surface area (TPSA) is 25.8 Å². The Hall–Kier alpha value is -0.340. The molecule has 2 nitrogen and oxygen atoms in total. The zero-order chi connectivity index (χ0) is 8.27. The van der Waals surface area contributed by atoms with E-state index in [0.29, 0.717) is 10.3 Å². The molecular formula is C7H7Cl2N2. The minimum atomic E-state index is 0.381. The molecule has 1 aromatic heterocycles. The molecule has 4 heteroatoms. The Morgan fingerprint density at radius 1 is 1.45 bits per heavy atom. The van der Waals surface area contributed by atoms with Gasteiger partial charge in [-0.15, -0.1) is 10.2 Å². The highest BCUT2D eigenvalue weighted by Gasteiger charge is 2.01. The molecule has 0 unspecified atom stereocenters. The zero-order valence-corrected chi connectivity index (χ0v) is 7.52. The molecular weight excluding hydrogens is 183 g/mol. The first kappa shape index (κ1) is 8.75. The van der Waals surface area contributed by atoms with Crippen molar-refractivity contribution < 1.29 is 0 Å². The van der Waals surface area contributed by atoms with Crippen molar-refractivity contribution in [2.24, 2.45) is 0 Å². The Bertz CT molecular complexity index is 250. The SMILES string of the molecule is C[CH]Cc1cc(Cl)nnc1Cl. The number of aromatic nitrogens is 2. The normalized spacial score (nSPS) is 10.1. The second-order valence-electron chi connectivity index (χ2n) is 2.10. The third-order valence-corrected chi connectivity index (χ3v) is 1.72. The average molecular weight is 190 g/mol. The van der Waals surface area contributed by atoms with Crippen LogP contribution < -0.4 is 0 Å².